The highest BCUT2D eigenvalue weighted by atomic mass is 32.2. The Hall–Kier alpha value is -2.28. The Morgan fingerprint density at radius 2 is 1.64 bits per heavy atom. The summed E-state index contributed by atoms with van der Waals surface area (Å²) in [6.07, 6.45) is 1.80. The van der Waals surface area contributed by atoms with E-state index in [0.717, 1.165) is 16.7 Å². The third kappa shape index (κ3) is 4.95. The second-order valence-electron chi connectivity index (χ2n) is 9.14. The minimum Gasteiger partial charge on any atom is -0.507 e. The maximum atomic E-state index is 12.3. The van der Waals surface area contributed by atoms with Crippen LogP contribution in [-0.2, 0) is 15.6 Å². The van der Waals surface area contributed by atoms with Crippen molar-refractivity contribution in [2.45, 2.75) is 52.4 Å². The van der Waals surface area contributed by atoms with E-state index in [2.05, 4.69) is 51.5 Å². The Morgan fingerprint density at radius 3 is 2.07 bits per heavy atom. The van der Waals surface area contributed by atoms with Crippen LogP contribution in [-0.4, -0.2) is 41.1 Å². The van der Waals surface area contributed by atoms with Crippen molar-refractivity contribution in [3.63, 3.8) is 0 Å². The summed E-state index contributed by atoms with van der Waals surface area (Å²) in [5.74, 6) is 0.265. The number of nitrogens with zero attached hydrogens (tertiary/aromatic N) is 3. The average Bonchev–Trinajstić information content (AvgIpc) is 2.85. The molecule has 0 saturated carbocycles. The minimum absolute atomic E-state index is 0.239. The standard InChI is InChI=1S/C21H30N4O2S/c1-20(2,3)13-9-12(10-14(16(13)26)21(4,5)6)11-15-17(27)23-19(28-15)24-18(22)25(7)8/h9-11,26H,1-8H3,(H2,22,23,24,27)/b15-11-. The average molecular weight is 403 g/mol. The molecule has 1 heterocycles. The number of aliphatic imine (C=N–C) groups is 2. The first-order valence-corrected chi connectivity index (χ1v) is 9.94. The molecule has 2 rings (SSSR count). The van der Waals surface area contributed by atoms with E-state index in [0.29, 0.717) is 15.8 Å². The molecule has 0 radical (unpaired) electrons. The Labute approximate surface area is 171 Å². The van der Waals surface area contributed by atoms with Gasteiger partial charge in [-0.3, -0.25) is 4.79 Å². The number of benzene rings is 1. The van der Waals surface area contributed by atoms with Crippen molar-refractivity contribution in [3.8, 4) is 5.75 Å². The van der Waals surface area contributed by atoms with Gasteiger partial charge in [0, 0.05) is 25.2 Å². The summed E-state index contributed by atoms with van der Waals surface area (Å²) >= 11 is 1.20. The van der Waals surface area contributed by atoms with Crippen LogP contribution in [0.4, 0.5) is 0 Å². The molecule has 0 spiro atoms. The van der Waals surface area contributed by atoms with Crippen molar-refractivity contribution >= 4 is 34.9 Å². The van der Waals surface area contributed by atoms with Crippen molar-refractivity contribution in [2.24, 2.45) is 15.7 Å². The largest absolute Gasteiger partial charge is 0.507 e. The third-order valence-corrected chi connectivity index (χ3v) is 5.20. The molecule has 0 saturated heterocycles. The predicted molar refractivity (Wildman–Crippen MR) is 119 cm³/mol. The van der Waals surface area contributed by atoms with E-state index < -0.39 is 0 Å². The lowest BCUT2D eigenvalue weighted by Crippen LogP contribution is -2.30. The summed E-state index contributed by atoms with van der Waals surface area (Å²) in [7, 11) is 3.55. The van der Waals surface area contributed by atoms with Gasteiger partial charge in [0.15, 0.2) is 11.1 Å². The highest BCUT2D eigenvalue weighted by molar-refractivity contribution is 8.18. The molecule has 0 aliphatic carbocycles. The molecule has 0 fully saturated rings. The number of thioether (sulfide) groups is 1. The fourth-order valence-electron chi connectivity index (χ4n) is 2.68. The number of carbonyl (C=O) groups excluding carboxylic acids is 1. The van der Waals surface area contributed by atoms with Crippen LogP contribution in [0.1, 0.15) is 58.2 Å². The summed E-state index contributed by atoms with van der Waals surface area (Å²) in [4.78, 5) is 22.6. The van der Waals surface area contributed by atoms with Crippen molar-refractivity contribution in [1.82, 2.24) is 4.90 Å². The monoisotopic (exact) mass is 402 g/mol. The summed E-state index contributed by atoms with van der Waals surface area (Å²) in [6, 6.07) is 3.86. The van der Waals surface area contributed by atoms with E-state index in [1.165, 1.54) is 11.8 Å². The Morgan fingerprint density at radius 1 is 1.14 bits per heavy atom. The molecule has 3 N–H and O–H groups in total. The van der Waals surface area contributed by atoms with Crippen molar-refractivity contribution < 1.29 is 9.90 Å². The zero-order valence-corrected chi connectivity index (χ0v) is 18.7. The molecule has 1 aromatic carbocycles. The summed E-state index contributed by atoms with van der Waals surface area (Å²) < 4.78 is 0. The van der Waals surface area contributed by atoms with Crippen molar-refractivity contribution in [3.05, 3.63) is 33.7 Å². The van der Waals surface area contributed by atoms with E-state index in [1.807, 2.05) is 12.1 Å². The number of phenolic OH excluding ortho intramolecular Hbond substituents is 1. The fraction of sp³-hybridized carbons (Fsp3) is 0.476. The molecule has 0 aromatic heterocycles. The molecule has 7 heteroatoms. The van der Waals surface area contributed by atoms with Crippen LogP contribution in [0.25, 0.3) is 6.08 Å². The fourth-order valence-corrected chi connectivity index (χ4v) is 3.47. The molecule has 0 bridgehead atoms. The van der Waals surface area contributed by atoms with Crippen LogP contribution in [0.3, 0.4) is 0 Å². The lowest BCUT2D eigenvalue weighted by molar-refractivity contribution is -0.113. The van der Waals surface area contributed by atoms with Gasteiger partial charge in [-0.1, -0.05) is 41.5 Å². The van der Waals surface area contributed by atoms with Crippen LogP contribution in [0.15, 0.2) is 27.0 Å². The molecular formula is C21H30N4O2S. The predicted octanol–water partition coefficient (Wildman–Crippen LogP) is 3.83. The zero-order valence-electron chi connectivity index (χ0n) is 17.9. The number of rotatable bonds is 1. The van der Waals surface area contributed by atoms with E-state index >= 15 is 0 Å². The molecular weight excluding hydrogens is 372 g/mol. The van der Waals surface area contributed by atoms with Gasteiger partial charge in [0.1, 0.15) is 5.75 Å². The second kappa shape index (κ2) is 7.62. The van der Waals surface area contributed by atoms with Gasteiger partial charge in [0.05, 0.1) is 4.91 Å². The molecule has 6 nitrogen and oxygen atoms in total. The van der Waals surface area contributed by atoms with Gasteiger partial charge in [0.2, 0.25) is 0 Å². The molecule has 1 aliphatic rings. The van der Waals surface area contributed by atoms with E-state index in [-0.39, 0.29) is 22.7 Å². The normalized spacial score (nSPS) is 17.3. The molecule has 1 aliphatic heterocycles. The number of amidine groups is 1. The first-order valence-electron chi connectivity index (χ1n) is 9.12. The van der Waals surface area contributed by atoms with Crippen molar-refractivity contribution in [2.75, 3.05) is 14.1 Å². The van der Waals surface area contributed by atoms with E-state index in [1.54, 1.807) is 25.1 Å². The molecule has 0 atom stereocenters. The Bertz CT molecular complexity index is 850. The summed E-state index contributed by atoms with van der Waals surface area (Å²) in [6.45, 7) is 12.3. The van der Waals surface area contributed by atoms with Gasteiger partial charge < -0.3 is 15.7 Å². The number of guanidine groups is 1. The SMILES string of the molecule is CN(C)/C(N)=N/C1=NC(=O)/C(=C/c2cc(C(C)(C)C)c(O)c(C(C)(C)C)c2)S1. The Kier molecular flexibility index (Phi) is 5.99. The maximum Gasteiger partial charge on any atom is 0.286 e. The minimum atomic E-state index is -0.335. The zero-order chi connectivity index (χ0) is 21.4. The van der Waals surface area contributed by atoms with Gasteiger partial charge in [-0.2, -0.15) is 9.98 Å². The number of hydrogen-bond acceptors (Lipinski definition) is 4. The first-order chi connectivity index (χ1) is 12.7. The molecule has 1 amide bonds. The number of phenols is 1. The molecule has 1 aromatic rings. The topological polar surface area (TPSA) is 91.3 Å². The number of hydrogen-bond donors (Lipinski definition) is 2. The first kappa shape index (κ1) is 22.0. The maximum absolute atomic E-state index is 12.3. The summed E-state index contributed by atoms with van der Waals surface area (Å²) in [5, 5.41) is 11.2. The number of aromatic hydroxyl groups is 1. The van der Waals surface area contributed by atoms with Crippen LogP contribution in [0.2, 0.25) is 0 Å². The lowest BCUT2D eigenvalue weighted by Gasteiger charge is -2.28. The van der Waals surface area contributed by atoms with Gasteiger partial charge >= 0.3 is 0 Å². The number of amides is 1. The van der Waals surface area contributed by atoms with Gasteiger partial charge in [-0.25, -0.2) is 0 Å². The second-order valence-corrected chi connectivity index (χ2v) is 10.1. The lowest BCUT2D eigenvalue weighted by atomic mass is 9.78. The van der Waals surface area contributed by atoms with Crippen LogP contribution < -0.4 is 5.73 Å². The highest BCUT2D eigenvalue weighted by Crippen LogP contribution is 2.41. The van der Waals surface area contributed by atoms with Crippen LogP contribution in [0, 0.1) is 0 Å². The molecule has 0 unspecified atom stereocenters. The Balaban J connectivity index is 2.49. The van der Waals surface area contributed by atoms with E-state index in [9.17, 15) is 9.90 Å². The quantitative estimate of drug-likeness (QED) is 0.423. The third-order valence-electron chi connectivity index (χ3n) is 4.32. The van der Waals surface area contributed by atoms with Crippen LogP contribution >= 0.6 is 11.8 Å². The highest BCUT2D eigenvalue weighted by Gasteiger charge is 2.27. The number of carbonyl (C=O) groups is 1. The van der Waals surface area contributed by atoms with Gasteiger partial charge in [0.25, 0.3) is 5.91 Å². The summed E-state index contributed by atoms with van der Waals surface area (Å²) in [5.41, 5.74) is 7.88. The van der Waals surface area contributed by atoms with Gasteiger partial charge in [-0.15, -0.1) is 0 Å². The van der Waals surface area contributed by atoms with Crippen molar-refractivity contribution in [1.29, 1.82) is 0 Å². The van der Waals surface area contributed by atoms with E-state index in [4.69, 9.17) is 5.73 Å². The smallest absolute Gasteiger partial charge is 0.286 e. The van der Waals surface area contributed by atoms with Crippen LogP contribution in [0.5, 0.6) is 5.75 Å². The molecule has 28 heavy (non-hydrogen) atoms. The molecule has 152 valence electrons. The number of nitrogens with two attached hydrogens (primary N) is 1. The van der Waals surface area contributed by atoms with Gasteiger partial charge in [-0.05, 0) is 46.4 Å².